The van der Waals surface area contributed by atoms with E-state index in [2.05, 4.69) is 0 Å². The summed E-state index contributed by atoms with van der Waals surface area (Å²) in [5.41, 5.74) is 1.75. The van der Waals surface area contributed by atoms with Crippen LogP contribution in [-0.4, -0.2) is 21.6 Å². The normalized spacial score (nSPS) is 18.3. The first-order valence-corrected chi connectivity index (χ1v) is 8.84. The number of nitrogens with zero attached hydrogens (tertiary/aromatic N) is 1. The molecule has 0 bridgehead atoms. The number of nitro groups is 1. The van der Waals surface area contributed by atoms with Gasteiger partial charge in [-0.05, 0) is 51.3 Å². The molecule has 0 saturated heterocycles. The molecule has 0 amide bonds. The number of ketones is 2. The van der Waals surface area contributed by atoms with Crippen LogP contribution in [0, 0.1) is 22.5 Å². The van der Waals surface area contributed by atoms with E-state index in [4.69, 9.17) is 0 Å². The number of carbonyl (C=O) groups is 2. The summed E-state index contributed by atoms with van der Waals surface area (Å²) in [5.74, 6) is -1.18. The lowest BCUT2D eigenvalue weighted by Gasteiger charge is -2.29. The Balaban J connectivity index is 2.82. The highest BCUT2D eigenvalue weighted by molar-refractivity contribution is 6.27. The number of Topliss-reactive ketones (excluding diaryl/α,β-unsaturated/α-hetero) is 2. The summed E-state index contributed by atoms with van der Waals surface area (Å²) in [6, 6.07) is 2.71. The Morgan fingerprint density at radius 3 is 2.30 bits per heavy atom. The second kappa shape index (κ2) is 7.10. The third-order valence-electron chi connectivity index (χ3n) is 5.35. The molecular formula is C21H25NO5. The van der Waals surface area contributed by atoms with Crippen LogP contribution in [0.3, 0.4) is 0 Å². The Morgan fingerprint density at radius 1 is 1.19 bits per heavy atom. The summed E-state index contributed by atoms with van der Waals surface area (Å²) in [5, 5.41) is 22.3. The standard InChI is InChI=1S/C21H25NO5/c1-11(2)12(3)17-13(4)14(7-8-15(17)22(26)27)19(24)18-16(23)9-10-21(5,6)20(18)25/h7-8,24H,9-10H2,1-6H3/b19-18+. The summed E-state index contributed by atoms with van der Waals surface area (Å²) in [7, 11) is 0. The predicted octanol–water partition coefficient (Wildman–Crippen LogP) is 4.94. The van der Waals surface area contributed by atoms with E-state index in [9.17, 15) is 24.8 Å². The van der Waals surface area contributed by atoms with Crippen LogP contribution in [-0.2, 0) is 9.59 Å². The molecule has 1 aliphatic carbocycles. The number of hydrogen-bond donors (Lipinski definition) is 1. The number of allylic oxidation sites excluding steroid dienone is 3. The number of aliphatic hydroxyl groups excluding tert-OH is 1. The maximum Gasteiger partial charge on any atom is 0.277 e. The minimum atomic E-state index is -0.732. The van der Waals surface area contributed by atoms with E-state index in [1.807, 2.05) is 13.8 Å². The van der Waals surface area contributed by atoms with E-state index in [0.717, 1.165) is 11.1 Å². The highest BCUT2D eigenvalue weighted by Gasteiger charge is 2.40. The second-order valence-electron chi connectivity index (χ2n) is 7.87. The summed E-state index contributed by atoms with van der Waals surface area (Å²) in [4.78, 5) is 36.1. The number of rotatable bonds is 3. The van der Waals surface area contributed by atoms with Gasteiger partial charge in [0, 0.05) is 23.5 Å². The fraction of sp³-hybridized carbons (Fsp3) is 0.429. The van der Waals surface area contributed by atoms with Crippen LogP contribution < -0.4 is 0 Å². The van der Waals surface area contributed by atoms with Gasteiger partial charge in [-0.3, -0.25) is 19.7 Å². The highest BCUT2D eigenvalue weighted by atomic mass is 16.6. The minimum Gasteiger partial charge on any atom is -0.506 e. The molecule has 1 saturated carbocycles. The Hall–Kier alpha value is -2.76. The lowest BCUT2D eigenvalue weighted by Crippen LogP contribution is -2.35. The first-order valence-electron chi connectivity index (χ1n) is 8.84. The van der Waals surface area contributed by atoms with Gasteiger partial charge in [-0.1, -0.05) is 19.4 Å². The molecule has 0 radical (unpaired) electrons. The number of aliphatic hydroxyl groups is 1. The zero-order valence-electron chi connectivity index (χ0n) is 16.6. The average molecular weight is 371 g/mol. The predicted molar refractivity (Wildman–Crippen MR) is 104 cm³/mol. The third kappa shape index (κ3) is 3.56. The topological polar surface area (TPSA) is 97.5 Å². The molecule has 0 atom stereocenters. The lowest BCUT2D eigenvalue weighted by molar-refractivity contribution is -0.385. The van der Waals surface area contributed by atoms with Crippen LogP contribution in [0.4, 0.5) is 5.69 Å². The van der Waals surface area contributed by atoms with Crippen molar-refractivity contribution in [3.63, 3.8) is 0 Å². The molecule has 1 aromatic rings. The fourth-order valence-corrected chi connectivity index (χ4v) is 3.33. The lowest BCUT2D eigenvalue weighted by atomic mass is 9.72. The summed E-state index contributed by atoms with van der Waals surface area (Å²) < 4.78 is 0. The van der Waals surface area contributed by atoms with Crippen molar-refractivity contribution >= 4 is 28.6 Å². The summed E-state index contributed by atoms with van der Waals surface area (Å²) in [6.45, 7) is 10.6. The van der Waals surface area contributed by atoms with Crippen molar-refractivity contribution in [3.8, 4) is 0 Å². The molecule has 0 unspecified atom stereocenters. The Bertz CT molecular complexity index is 915. The van der Waals surface area contributed by atoms with Crippen molar-refractivity contribution in [1.29, 1.82) is 0 Å². The van der Waals surface area contributed by atoms with Crippen molar-refractivity contribution < 1.29 is 19.6 Å². The van der Waals surface area contributed by atoms with Crippen LogP contribution >= 0.6 is 0 Å². The average Bonchev–Trinajstić information content (AvgIpc) is 2.57. The molecule has 6 nitrogen and oxygen atoms in total. The quantitative estimate of drug-likeness (QED) is 0.267. The largest absolute Gasteiger partial charge is 0.506 e. The zero-order valence-corrected chi connectivity index (χ0v) is 16.6. The van der Waals surface area contributed by atoms with Crippen LogP contribution in [0.5, 0.6) is 0 Å². The monoisotopic (exact) mass is 371 g/mol. The summed E-state index contributed by atoms with van der Waals surface area (Å²) in [6.07, 6.45) is 0.618. The van der Waals surface area contributed by atoms with Gasteiger partial charge < -0.3 is 5.11 Å². The van der Waals surface area contributed by atoms with Gasteiger partial charge in [-0.15, -0.1) is 0 Å². The number of nitro benzene ring substituents is 1. The molecule has 0 aliphatic heterocycles. The molecule has 0 spiro atoms. The van der Waals surface area contributed by atoms with Crippen molar-refractivity contribution in [2.24, 2.45) is 5.41 Å². The van der Waals surface area contributed by atoms with E-state index in [1.165, 1.54) is 12.1 Å². The van der Waals surface area contributed by atoms with Gasteiger partial charge >= 0.3 is 0 Å². The molecule has 0 heterocycles. The Labute approximate surface area is 158 Å². The van der Waals surface area contributed by atoms with E-state index in [1.54, 1.807) is 27.7 Å². The summed E-state index contributed by atoms with van der Waals surface area (Å²) >= 11 is 0. The Kier molecular flexibility index (Phi) is 5.40. The van der Waals surface area contributed by atoms with Gasteiger partial charge in [0.15, 0.2) is 11.6 Å². The van der Waals surface area contributed by atoms with Gasteiger partial charge in [0.25, 0.3) is 5.69 Å². The molecular weight excluding hydrogens is 346 g/mol. The highest BCUT2D eigenvalue weighted by Crippen LogP contribution is 2.39. The van der Waals surface area contributed by atoms with E-state index < -0.39 is 27.7 Å². The smallest absolute Gasteiger partial charge is 0.277 e. The van der Waals surface area contributed by atoms with E-state index in [0.29, 0.717) is 17.5 Å². The van der Waals surface area contributed by atoms with Gasteiger partial charge in [0.1, 0.15) is 11.3 Å². The Morgan fingerprint density at radius 2 is 1.78 bits per heavy atom. The van der Waals surface area contributed by atoms with Crippen molar-refractivity contribution in [2.75, 3.05) is 0 Å². The maximum absolute atomic E-state index is 12.7. The zero-order chi connectivity index (χ0) is 20.7. The number of benzene rings is 1. The van der Waals surface area contributed by atoms with Gasteiger partial charge in [-0.25, -0.2) is 0 Å². The van der Waals surface area contributed by atoms with E-state index >= 15 is 0 Å². The molecule has 27 heavy (non-hydrogen) atoms. The molecule has 0 aromatic heterocycles. The minimum absolute atomic E-state index is 0.0747. The molecule has 144 valence electrons. The molecule has 6 heteroatoms. The number of carbonyl (C=O) groups excluding carboxylic acids is 2. The second-order valence-corrected chi connectivity index (χ2v) is 7.87. The molecule has 1 aliphatic rings. The molecule has 1 aromatic carbocycles. The maximum atomic E-state index is 12.7. The fourth-order valence-electron chi connectivity index (χ4n) is 3.33. The van der Waals surface area contributed by atoms with Gasteiger partial charge in [0.2, 0.25) is 0 Å². The van der Waals surface area contributed by atoms with Crippen LogP contribution in [0.15, 0.2) is 23.3 Å². The molecule has 2 rings (SSSR count). The van der Waals surface area contributed by atoms with Crippen molar-refractivity contribution in [3.05, 3.63) is 50.1 Å². The van der Waals surface area contributed by atoms with Crippen molar-refractivity contribution in [1.82, 2.24) is 0 Å². The molecule has 1 fully saturated rings. The SMILES string of the molecule is CC(C)=C(C)c1c([N+](=O)[O-])ccc(/C(O)=C2/C(=O)CCC(C)(C)C2=O)c1C. The molecule has 1 N–H and O–H groups in total. The first-order chi connectivity index (χ1) is 12.4. The van der Waals surface area contributed by atoms with Crippen LogP contribution in [0.2, 0.25) is 0 Å². The van der Waals surface area contributed by atoms with E-state index in [-0.39, 0.29) is 23.2 Å². The van der Waals surface area contributed by atoms with Crippen molar-refractivity contribution in [2.45, 2.75) is 54.4 Å². The third-order valence-corrected chi connectivity index (χ3v) is 5.35. The van der Waals surface area contributed by atoms with Gasteiger partial charge in [0.05, 0.1) is 10.5 Å². The van der Waals surface area contributed by atoms with Gasteiger partial charge in [-0.2, -0.15) is 0 Å². The van der Waals surface area contributed by atoms with Crippen LogP contribution in [0.25, 0.3) is 11.3 Å². The van der Waals surface area contributed by atoms with Crippen LogP contribution in [0.1, 0.15) is 64.2 Å². The first kappa shape index (κ1) is 20.6. The number of hydrogen-bond acceptors (Lipinski definition) is 5.